The first-order valence-electron chi connectivity index (χ1n) is 9.50. The van der Waals surface area contributed by atoms with Crippen LogP contribution in [-0.2, 0) is 19.4 Å². The van der Waals surface area contributed by atoms with Gasteiger partial charge >= 0.3 is 0 Å². The van der Waals surface area contributed by atoms with E-state index in [4.69, 9.17) is 0 Å². The van der Waals surface area contributed by atoms with Crippen molar-refractivity contribution < 1.29 is 9.90 Å². The second-order valence-corrected chi connectivity index (χ2v) is 8.00. The van der Waals surface area contributed by atoms with Crippen LogP contribution in [-0.4, -0.2) is 17.2 Å². The van der Waals surface area contributed by atoms with E-state index in [1.807, 2.05) is 36.4 Å². The van der Waals surface area contributed by atoms with Crippen molar-refractivity contribution in [1.29, 1.82) is 0 Å². The first kappa shape index (κ1) is 18.4. The van der Waals surface area contributed by atoms with E-state index in [9.17, 15) is 9.90 Å². The summed E-state index contributed by atoms with van der Waals surface area (Å²) in [7, 11) is 0. The summed E-state index contributed by atoms with van der Waals surface area (Å²) in [6.45, 7) is 0.500. The molecule has 0 saturated heterocycles. The molecule has 4 nitrogen and oxygen atoms in total. The van der Waals surface area contributed by atoms with Gasteiger partial charge in [-0.15, -0.1) is 11.3 Å². The van der Waals surface area contributed by atoms with E-state index in [1.165, 1.54) is 4.88 Å². The number of rotatable bonds is 5. The van der Waals surface area contributed by atoms with Gasteiger partial charge in [0.25, 0.3) is 5.91 Å². The van der Waals surface area contributed by atoms with Gasteiger partial charge in [-0.25, -0.2) is 4.99 Å². The zero-order valence-corrected chi connectivity index (χ0v) is 16.3. The van der Waals surface area contributed by atoms with Gasteiger partial charge in [-0.05, 0) is 54.5 Å². The fourth-order valence-corrected chi connectivity index (χ4v) is 4.71. The summed E-state index contributed by atoms with van der Waals surface area (Å²) in [5.74, 6) is 0.140. The molecule has 0 atom stereocenters. The Balaban J connectivity index is 1.61. The highest BCUT2D eigenvalue weighted by atomic mass is 32.1. The molecule has 1 aliphatic carbocycles. The Labute approximate surface area is 168 Å². The van der Waals surface area contributed by atoms with Crippen molar-refractivity contribution >= 4 is 28.5 Å². The second-order valence-electron chi connectivity index (χ2n) is 6.91. The van der Waals surface area contributed by atoms with E-state index >= 15 is 0 Å². The number of aliphatic imine (C=N–C) groups is 1. The molecule has 0 fully saturated rings. The molecule has 0 aliphatic heterocycles. The summed E-state index contributed by atoms with van der Waals surface area (Å²) in [6, 6.07) is 16.9. The summed E-state index contributed by atoms with van der Waals surface area (Å²) in [5, 5.41) is 13.4. The number of amides is 1. The fourth-order valence-electron chi connectivity index (χ4n) is 3.48. The zero-order valence-electron chi connectivity index (χ0n) is 15.5. The summed E-state index contributed by atoms with van der Waals surface area (Å²) in [4.78, 5) is 18.9. The topological polar surface area (TPSA) is 61.7 Å². The van der Waals surface area contributed by atoms with Gasteiger partial charge in [-0.1, -0.05) is 42.5 Å². The molecule has 1 amide bonds. The van der Waals surface area contributed by atoms with Crippen LogP contribution >= 0.6 is 11.3 Å². The smallest absolute Gasteiger partial charge is 0.254 e. The molecule has 1 heterocycles. The molecule has 0 saturated carbocycles. The molecular weight excluding hydrogens is 368 g/mol. The molecule has 28 heavy (non-hydrogen) atoms. The lowest BCUT2D eigenvalue weighted by Crippen LogP contribution is -2.24. The Morgan fingerprint density at radius 2 is 1.93 bits per heavy atom. The Morgan fingerprint density at radius 3 is 2.75 bits per heavy atom. The van der Waals surface area contributed by atoms with Crippen molar-refractivity contribution in [2.24, 2.45) is 4.99 Å². The maximum absolute atomic E-state index is 13.0. The number of carbonyl (C=O) groups is 1. The van der Waals surface area contributed by atoms with Crippen LogP contribution in [0.3, 0.4) is 0 Å². The van der Waals surface area contributed by atoms with Crippen molar-refractivity contribution in [2.45, 2.75) is 32.2 Å². The second kappa shape index (κ2) is 8.40. The number of aromatic hydroxyl groups is 1. The lowest BCUT2D eigenvalue weighted by molar-refractivity contribution is 0.0951. The highest BCUT2D eigenvalue weighted by Crippen LogP contribution is 2.39. The lowest BCUT2D eigenvalue weighted by atomic mass is 9.95. The number of hydrogen-bond donors (Lipinski definition) is 2. The fraction of sp³-hybridized carbons (Fsp3) is 0.217. The van der Waals surface area contributed by atoms with E-state index in [2.05, 4.69) is 10.3 Å². The maximum atomic E-state index is 13.0. The minimum atomic E-state index is -0.0636. The third-order valence-corrected chi connectivity index (χ3v) is 6.08. The van der Waals surface area contributed by atoms with Crippen molar-refractivity contribution in [3.05, 3.63) is 81.7 Å². The Bertz CT molecular complexity index is 1010. The number of benzene rings is 2. The van der Waals surface area contributed by atoms with Gasteiger partial charge in [0, 0.05) is 17.6 Å². The Kier molecular flexibility index (Phi) is 5.53. The molecule has 2 aromatic carbocycles. The van der Waals surface area contributed by atoms with Crippen LogP contribution in [0.15, 0.2) is 59.6 Å². The first-order chi connectivity index (χ1) is 13.7. The van der Waals surface area contributed by atoms with Crippen LogP contribution in [0, 0.1) is 0 Å². The van der Waals surface area contributed by atoms with Crippen LogP contribution in [0.4, 0.5) is 5.00 Å². The Morgan fingerprint density at radius 1 is 1.11 bits per heavy atom. The van der Waals surface area contributed by atoms with Gasteiger partial charge in [-0.3, -0.25) is 4.79 Å². The quantitative estimate of drug-likeness (QED) is 0.601. The molecule has 0 bridgehead atoms. The van der Waals surface area contributed by atoms with Crippen LogP contribution in [0.25, 0.3) is 0 Å². The summed E-state index contributed by atoms with van der Waals surface area (Å²) in [5.41, 5.74) is 3.75. The molecule has 0 spiro atoms. The number of aryl methyl sites for hydroxylation is 1. The summed E-state index contributed by atoms with van der Waals surface area (Å²) >= 11 is 1.61. The number of phenols is 1. The highest BCUT2D eigenvalue weighted by molar-refractivity contribution is 7.16. The number of thiophene rings is 1. The number of fused-ring (bicyclic) bond motifs is 1. The molecule has 4 rings (SSSR count). The predicted octanol–water partition coefficient (Wildman–Crippen LogP) is 5.01. The predicted molar refractivity (Wildman–Crippen MR) is 114 cm³/mol. The van der Waals surface area contributed by atoms with Crippen molar-refractivity contribution in [3.8, 4) is 5.75 Å². The third kappa shape index (κ3) is 4.15. The molecule has 2 N–H and O–H groups in total. The van der Waals surface area contributed by atoms with E-state index in [0.29, 0.717) is 12.1 Å². The Hall–Kier alpha value is -2.92. The molecule has 0 radical (unpaired) electrons. The number of carbonyl (C=O) groups excluding carboxylic acids is 1. The largest absolute Gasteiger partial charge is 0.508 e. The average molecular weight is 391 g/mol. The van der Waals surface area contributed by atoms with E-state index in [0.717, 1.165) is 47.4 Å². The maximum Gasteiger partial charge on any atom is 0.254 e. The molecule has 3 aromatic rings. The SMILES string of the molecule is O=C(NCc1ccccc1)c1c(/N=C/c2cccc(O)c2)sc2c1CCCC2. The van der Waals surface area contributed by atoms with Crippen LogP contribution in [0.5, 0.6) is 5.75 Å². The number of nitrogens with one attached hydrogen (secondary N) is 1. The van der Waals surface area contributed by atoms with Crippen molar-refractivity contribution in [3.63, 3.8) is 0 Å². The molecular formula is C23H22N2O2S. The molecule has 1 aliphatic rings. The number of hydrogen-bond acceptors (Lipinski definition) is 4. The molecule has 142 valence electrons. The van der Waals surface area contributed by atoms with Crippen LogP contribution in [0.2, 0.25) is 0 Å². The van der Waals surface area contributed by atoms with E-state index in [1.54, 1.807) is 35.8 Å². The molecule has 1 aromatic heterocycles. The van der Waals surface area contributed by atoms with E-state index in [-0.39, 0.29) is 11.7 Å². The van der Waals surface area contributed by atoms with Gasteiger partial charge in [0.15, 0.2) is 0 Å². The van der Waals surface area contributed by atoms with Gasteiger partial charge in [0.1, 0.15) is 10.8 Å². The van der Waals surface area contributed by atoms with Gasteiger partial charge in [0.2, 0.25) is 0 Å². The monoisotopic (exact) mass is 390 g/mol. The van der Waals surface area contributed by atoms with E-state index < -0.39 is 0 Å². The standard InChI is InChI=1S/C23H22N2O2S/c26-18-10-6-9-17(13-18)15-25-23-21(19-11-4-5-12-20(19)28-23)22(27)24-14-16-7-2-1-3-8-16/h1-3,6-10,13,15,26H,4-5,11-12,14H2,(H,24,27)/b25-15+. The van der Waals surface area contributed by atoms with Crippen molar-refractivity contribution in [2.75, 3.05) is 0 Å². The molecule has 0 unspecified atom stereocenters. The van der Waals surface area contributed by atoms with Gasteiger partial charge in [0.05, 0.1) is 5.56 Å². The highest BCUT2D eigenvalue weighted by Gasteiger charge is 2.25. The zero-order chi connectivity index (χ0) is 19.3. The van der Waals surface area contributed by atoms with Gasteiger partial charge < -0.3 is 10.4 Å². The van der Waals surface area contributed by atoms with Gasteiger partial charge in [-0.2, -0.15) is 0 Å². The first-order valence-corrected chi connectivity index (χ1v) is 10.3. The minimum absolute atomic E-state index is 0.0636. The average Bonchev–Trinajstić information content (AvgIpc) is 3.10. The lowest BCUT2D eigenvalue weighted by Gasteiger charge is -2.12. The number of phenolic OH excluding ortho intramolecular Hbond substituents is 1. The normalized spacial score (nSPS) is 13.4. The summed E-state index contributed by atoms with van der Waals surface area (Å²) in [6.07, 6.45) is 5.93. The number of nitrogens with zero attached hydrogens (tertiary/aromatic N) is 1. The third-order valence-electron chi connectivity index (χ3n) is 4.88. The van der Waals surface area contributed by atoms with Crippen molar-refractivity contribution in [1.82, 2.24) is 5.32 Å². The molecule has 5 heteroatoms. The summed E-state index contributed by atoms with van der Waals surface area (Å²) < 4.78 is 0. The minimum Gasteiger partial charge on any atom is -0.508 e. The van der Waals surface area contributed by atoms with Crippen LogP contribution in [0.1, 0.15) is 44.8 Å². The van der Waals surface area contributed by atoms with Crippen LogP contribution < -0.4 is 5.32 Å².